The van der Waals surface area contributed by atoms with Crippen LogP contribution in [-0.2, 0) is 25.6 Å². The summed E-state index contributed by atoms with van der Waals surface area (Å²) < 4.78 is 31.6. The van der Waals surface area contributed by atoms with Gasteiger partial charge in [-0.25, -0.2) is 0 Å². The molecule has 1 rings (SSSR count). The van der Waals surface area contributed by atoms with Gasteiger partial charge in [-0.05, 0) is 5.56 Å². The molecule has 6 heteroatoms. The molecule has 0 aromatic heterocycles. The Hall–Kier alpha value is -0.430. The summed E-state index contributed by atoms with van der Waals surface area (Å²) in [4.78, 5) is -0.138. The second-order valence-electron chi connectivity index (χ2n) is 3.59. The molecule has 0 aliphatic rings. The summed E-state index contributed by atoms with van der Waals surface area (Å²) >= 11 is 3.29. The number of benzene rings is 1. The fourth-order valence-corrected chi connectivity index (χ4v) is 2.03. The van der Waals surface area contributed by atoms with E-state index in [1.807, 2.05) is 30.3 Å². The van der Waals surface area contributed by atoms with Gasteiger partial charge in [-0.1, -0.05) is 46.3 Å². The van der Waals surface area contributed by atoms with Crippen LogP contribution in [0, 0.1) is 0 Å². The Labute approximate surface area is 110 Å². The monoisotopic (exact) mass is 322 g/mol. The van der Waals surface area contributed by atoms with Crippen molar-refractivity contribution in [2.45, 2.75) is 11.4 Å². The Balaban J connectivity index is 2.18. The highest BCUT2D eigenvalue weighted by atomic mass is 79.9. The molecule has 0 unspecified atom stereocenters. The topological polar surface area (TPSA) is 52.6 Å². The zero-order chi connectivity index (χ0) is 12.7. The maximum atomic E-state index is 10.7. The molecule has 0 amide bonds. The van der Waals surface area contributed by atoms with Crippen LogP contribution in [0.2, 0.25) is 0 Å². The van der Waals surface area contributed by atoms with Crippen LogP contribution in [0.3, 0.4) is 0 Å². The number of alkyl halides is 1. The molecule has 0 N–H and O–H groups in total. The molecule has 4 nitrogen and oxygen atoms in total. The van der Waals surface area contributed by atoms with Crippen LogP contribution in [0.5, 0.6) is 0 Å². The Kier molecular flexibility index (Phi) is 6.11. The van der Waals surface area contributed by atoms with Crippen LogP contribution >= 0.6 is 15.9 Å². The highest BCUT2D eigenvalue weighted by molar-refractivity contribution is 9.09. The largest absolute Gasteiger partial charge is 0.376 e. The highest BCUT2D eigenvalue weighted by Crippen LogP contribution is 2.06. The van der Waals surface area contributed by atoms with Crippen LogP contribution in [0.4, 0.5) is 0 Å². The zero-order valence-electron chi connectivity index (χ0n) is 9.50. The number of hydrogen-bond donors (Lipinski definition) is 0. The first-order valence-electron chi connectivity index (χ1n) is 5.07. The van der Waals surface area contributed by atoms with E-state index < -0.39 is 10.1 Å². The summed E-state index contributed by atoms with van der Waals surface area (Å²) in [6.07, 6.45) is 1.03. The Morgan fingerprint density at radius 2 is 1.88 bits per heavy atom. The molecule has 0 fully saturated rings. The molecule has 0 spiro atoms. The molecular formula is C11H15BrO4S. The molecule has 96 valence electrons. The third kappa shape index (κ3) is 7.49. The molecule has 0 saturated carbocycles. The van der Waals surface area contributed by atoms with E-state index in [2.05, 4.69) is 20.1 Å². The molecule has 1 aromatic carbocycles. The molecule has 0 aliphatic carbocycles. The first-order chi connectivity index (χ1) is 7.97. The summed E-state index contributed by atoms with van der Waals surface area (Å²) in [5.74, 6) is 0. The van der Waals surface area contributed by atoms with Crippen LogP contribution in [0.1, 0.15) is 5.56 Å². The number of halogens is 1. The van der Waals surface area contributed by atoms with Gasteiger partial charge in [-0.3, -0.25) is 4.18 Å². The van der Waals surface area contributed by atoms with Crippen molar-refractivity contribution in [1.29, 1.82) is 0 Å². The zero-order valence-corrected chi connectivity index (χ0v) is 11.9. The van der Waals surface area contributed by atoms with Gasteiger partial charge in [0.15, 0.2) is 0 Å². The second-order valence-corrected chi connectivity index (χ2v) is 6.53. The Morgan fingerprint density at radius 3 is 2.47 bits per heavy atom. The van der Waals surface area contributed by atoms with Crippen molar-refractivity contribution < 1.29 is 17.3 Å². The average molecular weight is 323 g/mol. The predicted molar refractivity (Wildman–Crippen MR) is 69.6 cm³/mol. The van der Waals surface area contributed by atoms with Gasteiger partial charge in [0.2, 0.25) is 0 Å². The summed E-state index contributed by atoms with van der Waals surface area (Å²) in [5.41, 5.74) is 1.08. The predicted octanol–water partition coefficient (Wildman–Crippen LogP) is 1.94. The van der Waals surface area contributed by atoms with Gasteiger partial charge in [-0.2, -0.15) is 8.42 Å². The minimum atomic E-state index is -3.38. The van der Waals surface area contributed by atoms with Crippen LogP contribution in [0.15, 0.2) is 30.3 Å². The van der Waals surface area contributed by atoms with E-state index in [0.717, 1.165) is 11.8 Å². The molecule has 1 atom stereocenters. The fourth-order valence-electron chi connectivity index (χ4n) is 1.12. The third-order valence-electron chi connectivity index (χ3n) is 1.87. The van der Waals surface area contributed by atoms with E-state index in [9.17, 15) is 8.42 Å². The Bertz CT molecular complexity index is 418. The van der Waals surface area contributed by atoms with Crippen molar-refractivity contribution in [2.75, 3.05) is 19.5 Å². The van der Waals surface area contributed by atoms with Crippen molar-refractivity contribution in [1.82, 2.24) is 0 Å². The molecule has 0 bridgehead atoms. The normalized spacial score (nSPS) is 13.5. The number of hydrogen-bond acceptors (Lipinski definition) is 4. The van der Waals surface area contributed by atoms with Crippen LogP contribution in [-0.4, -0.2) is 32.7 Å². The van der Waals surface area contributed by atoms with E-state index in [0.29, 0.717) is 13.2 Å². The SMILES string of the molecule is CS(=O)(=O)OC[C@H](Br)COCc1ccccc1. The van der Waals surface area contributed by atoms with Gasteiger partial charge in [0.1, 0.15) is 0 Å². The van der Waals surface area contributed by atoms with Crippen molar-refractivity contribution in [3.63, 3.8) is 0 Å². The lowest BCUT2D eigenvalue weighted by atomic mass is 10.2. The summed E-state index contributed by atoms with van der Waals surface area (Å²) in [5, 5.41) is 0. The summed E-state index contributed by atoms with van der Waals surface area (Å²) in [7, 11) is -3.38. The minimum Gasteiger partial charge on any atom is -0.376 e. The van der Waals surface area contributed by atoms with Gasteiger partial charge in [0.05, 0.1) is 30.9 Å². The van der Waals surface area contributed by atoms with E-state index in [1.165, 1.54) is 0 Å². The molecule has 17 heavy (non-hydrogen) atoms. The number of ether oxygens (including phenoxy) is 1. The molecule has 0 aliphatic heterocycles. The summed E-state index contributed by atoms with van der Waals surface area (Å²) in [6.45, 7) is 0.972. The van der Waals surface area contributed by atoms with Crippen molar-refractivity contribution in [2.24, 2.45) is 0 Å². The number of rotatable bonds is 7. The summed E-state index contributed by atoms with van der Waals surface area (Å²) in [6, 6.07) is 9.76. The quantitative estimate of drug-likeness (QED) is 0.568. The first-order valence-corrected chi connectivity index (χ1v) is 7.81. The van der Waals surface area contributed by atoms with Crippen molar-refractivity contribution >= 4 is 26.0 Å². The fraction of sp³-hybridized carbons (Fsp3) is 0.455. The highest BCUT2D eigenvalue weighted by Gasteiger charge is 2.09. The van der Waals surface area contributed by atoms with Crippen molar-refractivity contribution in [3.05, 3.63) is 35.9 Å². The third-order valence-corrected chi connectivity index (χ3v) is 2.97. The second kappa shape index (κ2) is 7.10. The molecule has 1 aromatic rings. The van der Waals surface area contributed by atoms with Gasteiger partial charge in [0, 0.05) is 0 Å². The van der Waals surface area contributed by atoms with Crippen LogP contribution in [0.25, 0.3) is 0 Å². The lowest BCUT2D eigenvalue weighted by Crippen LogP contribution is -2.18. The molecule has 0 radical (unpaired) electrons. The van der Waals surface area contributed by atoms with Crippen LogP contribution < -0.4 is 0 Å². The average Bonchev–Trinajstić information content (AvgIpc) is 2.27. The lowest BCUT2D eigenvalue weighted by molar-refractivity contribution is 0.113. The first kappa shape index (κ1) is 14.6. The van der Waals surface area contributed by atoms with E-state index in [-0.39, 0.29) is 11.4 Å². The van der Waals surface area contributed by atoms with Gasteiger partial charge in [-0.15, -0.1) is 0 Å². The van der Waals surface area contributed by atoms with Gasteiger partial charge in [0.25, 0.3) is 10.1 Å². The minimum absolute atomic E-state index is 0.0770. The van der Waals surface area contributed by atoms with E-state index in [4.69, 9.17) is 4.74 Å². The molecule has 0 heterocycles. The van der Waals surface area contributed by atoms with E-state index >= 15 is 0 Å². The maximum absolute atomic E-state index is 10.7. The van der Waals surface area contributed by atoms with Gasteiger partial charge >= 0.3 is 0 Å². The Morgan fingerprint density at radius 1 is 1.24 bits per heavy atom. The lowest BCUT2D eigenvalue weighted by Gasteiger charge is -2.10. The van der Waals surface area contributed by atoms with Gasteiger partial charge < -0.3 is 4.74 Å². The molecule has 0 saturated heterocycles. The van der Waals surface area contributed by atoms with Crippen molar-refractivity contribution in [3.8, 4) is 0 Å². The van der Waals surface area contributed by atoms with E-state index in [1.54, 1.807) is 0 Å². The smallest absolute Gasteiger partial charge is 0.264 e. The maximum Gasteiger partial charge on any atom is 0.264 e. The molecular weight excluding hydrogens is 308 g/mol. The standard InChI is InChI=1S/C11H15BrO4S/c1-17(13,14)16-9-11(12)8-15-7-10-5-3-2-4-6-10/h2-6,11H,7-9H2,1H3/t11-/m1/s1.